The van der Waals surface area contributed by atoms with Crippen LogP contribution in [0.5, 0.6) is 0 Å². The molecule has 1 aromatic heterocycles. The number of rotatable bonds is 3. The number of aromatic nitrogens is 2. The van der Waals surface area contributed by atoms with Gasteiger partial charge in [0.1, 0.15) is 0 Å². The Morgan fingerprint density at radius 3 is 2.47 bits per heavy atom. The van der Waals surface area contributed by atoms with Gasteiger partial charge in [0.15, 0.2) is 0 Å². The van der Waals surface area contributed by atoms with Crippen LogP contribution in [0.4, 0.5) is 5.95 Å². The third-order valence-electron chi connectivity index (χ3n) is 2.30. The lowest BCUT2D eigenvalue weighted by molar-refractivity contribution is -0.115. The lowest BCUT2D eigenvalue weighted by Gasteiger charge is -2.03. The molecular weight excluding hydrogens is 214 g/mol. The minimum Gasteiger partial charge on any atom is -0.294 e. The van der Waals surface area contributed by atoms with Crippen LogP contribution in [0.15, 0.2) is 42.7 Å². The molecule has 4 heteroatoms. The molecule has 0 saturated heterocycles. The summed E-state index contributed by atoms with van der Waals surface area (Å²) in [5.41, 5.74) is 2.16. The smallest absolute Gasteiger partial charge is 0.231 e. The van der Waals surface area contributed by atoms with Crippen LogP contribution in [0.3, 0.4) is 0 Å². The number of hydrogen-bond acceptors (Lipinski definition) is 3. The van der Waals surface area contributed by atoms with Gasteiger partial charge in [0.05, 0.1) is 6.42 Å². The number of aryl methyl sites for hydroxylation is 1. The standard InChI is InChI=1S/C13H13N3O/c1-10-3-5-11(6-4-10)9-12(17)16-13-14-7-2-8-15-13/h2-8H,9H2,1H3,(H,14,15,16,17). The fourth-order valence-electron chi connectivity index (χ4n) is 1.42. The summed E-state index contributed by atoms with van der Waals surface area (Å²) < 4.78 is 0. The Morgan fingerprint density at radius 2 is 1.82 bits per heavy atom. The van der Waals surface area contributed by atoms with E-state index in [0.717, 1.165) is 5.56 Å². The van der Waals surface area contributed by atoms with Crippen LogP contribution >= 0.6 is 0 Å². The molecule has 0 fully saturated rings. The number of amides is 1. The molecule has 1 heterocycles. The van der Waals surface area contributed by atoms with E-state index in [0.29, 0.717) is 12.4 Å². The molecule has 86 valence electrons. The van der Waals surface area contributed by atoms with Gasteiger partial charge < -0.3 is 0 Å². The molecule has 2 aromatic rings. The molecule has 0 aliphatic rings. The van der Waals surface area contributed by atoms with Crippen molar-refractivity contribution in [1.29, 1.82) is 0 Å². The molecule has 2 rings (SSSR count). The molecule has 0 aliphatic heterocycles. The van der Waals surface area contributed by atoms with Crippen molar-refractivity contribution in [2.45, 2.75) is 13.3 Å². The fourth-order valence-corrected chi connectivity index (χ4v) is 1.42. The van der Waals surface area contributed by atoms with Crippen LogP contribution in [-0.4, -0.2) is 15.9 Å². The van der Waals surface area contributed by atoms with E-state index in [-0.39, 0.29) is 5.91 Å². The maximum absolute atomic E-state index is 11.7. The maximum atomic E-state index is 11.7. The van der Waals surface area contributed by atoms with Crippen LogP contribution in [0.2, 0.25) is 0 Å². The van der Waals surface area contributed by atoms with Crippen LogP contribution in [-0.2, 0) is 11.2 Å². The third-order valence-corrected chi connectivity index (χ3v) is 2.30. The van der Waals surface area contributed by atoms with Crippen LogP contribution in [0.25, 0.3) is 0 Å². The van der Waals surface area contributed by atoms with Crippen LogP contribution in [0, 0.1) is 6.92 Å². The molecule has 1 aromatic carbocycles. The van der Waals surface area contributed by atoms with Crippen molar-refractivity contribution in [3.8, 4) is 0 Å². The Balaban J connectivity index is 1.96. The van der Waals surface area contributed by atoms with Crippen molar-refractivity contribution in [2.24, 2.45) is 0 Å². The maximum Gasteiger partial charge on any atom is 0.231 e. The van der Waals surface area contributed by atoms with Gasteiger partial charge in [-0.15, -0.1) is 0 Å². The van der Waals surface area contributed by atoms with Gasteiger partial charge in [-0.25, -0.2) is 9.97 Å². The number of hydrogen-bond donors (Lipinski definition) is 1. The normalized spacial score (nSPS) is 9.94. The molecule has 0 aliphatic carbocycles. The van der Waals surface area contributed by atoms with E-state index >= 15 is 0 Å². The Morgan fingerprint density at radius 1 is 1.18 bits per heavy atom. The van der Waals surface area contributed by atoms with Gasteiger partial charge in [-0.2, -0.15) is 0 Å². The van der Waals surface area contributed by atoms with E-state index in [2.05, 4.69) is 15.3 Å². The molecule has 17 heavy (non-hydrogen) atoms. The van der Waals surface area contributed by atoms with Crippen molar-refractivity contribution in [3.05, 3.63) is 53.9 Å². The fraction of sp³-hybridized carbons (Fsp3) is 0.154. The molecule has 0 unspecified atom stereocenters. The number of anilines is 1. The summed E-state index contributed by atoms with van der Waals surface area (Å²) >= 11 is 0. The minimum absolute atomic E-state index is 0.111. The lowest BCUT2D eigenvalue weighted by Crippen LogP contribution is -2.16. The van der Waals surface area contributed by atoms with Gasteiger partial charge in [-0.1, -0.05) is 29.8 Å². The SMILES string of the molecule is Cc1ccc(CC(=O)Nc2ncccn2)cc1. The van der Waals surface area contributed by atoms with E-state index in [1.807, 2.05) is 31.2 Å². The topological polar surface area (TPSA) is 54.9 Å². The third kappa shape index (κ3) is 3.38. The summed E-state index contributed by atoms with van der Waals surface area (Å²) in [5, 5.41) is 2.64. The Bertz CT molecular complexity index is 494. The van der Waals surface area contributed by atoms with E-state index in [4.69, 9.17) is 0 Å². The lowest BCUT2D eigenvalue weighted by atomic mass is 10.1. The molecule has 0 atom stereocenters. The number of benzene rings is 1. The van der Waals surface area contributed by atoms with Crippen LogP contribution < -0.4 is 5.32 Å². The summed E-state index contributed by atoms with van der Waals surface area (Å²) in [6, 6.07) is 9.57. The first-order valence-electron chi connectivity index (χ1n) is 5.36. The van der Waals surface area contributed by atoms with E-state index in [9.17, 15) is 4.79 Å². The summed E-state index contributed by atoms with van der Waals surface area (Å²) in [4.78, 5) is 19.5. The van der Waals surface area contributed by atoms with Gasteiger partial charge >= 0.3 is 0 Å². The highest BCUT2D eigenvalue weighted by molar-refractivity contribution is 5.90. The highest BCUT2D eigenvalue weighted by atomic mass is 16.1. The predicted molar refractivity (Wildman–Crippen MR) is 65.5 cm³/mol. The largest absolute Gasteiger partial charge is 0.294 e. The second-order valence-corrected chi connectivity index (χ2v) is 3.78. The van der Waals surface area contributed by atoms with Gasteiger partial charge in [-0.05, 0) is 18.6 Å². The Hall–Kier alpha value is -2.23. The summed E-state index contributed by atoms with van der Waals surface area (Å²) in [5.74, 6) is 0.227. The molecule has 0 bridgehead atoms. The monoisotopic (exact) mass is 227 g/mol. The van der Waals surface area contributed by atoms with Gasteiger partial charge in [0.25, 0.3) is 0 Å². The highest BCUT2D eigenvalue weighted by Gasteiger charge is 2.04. The zero-order valence-corrected chi connectivity index (χ0v) is 9.55. The molecule has 4 nitrogen and oxygen atoms in total. The first-order chi connectivity index (χ1) is 8.24. The van der Waals surface area contributed by atoms with E-state index < -0.39 is 0 Å². The first-order valence-corrected chi connectivity index (χ1v) is 5.36. The summed E-state index contributed by atoms with van der Waals surface area (Å²) in [7, 11) is 0. The summed E-state index contributed by atoms with van der Waals surface area (Å²) in [6.07, 6.45) is 3.52. The van der Waals surface area contributed by atoms with E-state index in [1.54, 1.807) is 18.5 Å². The Kier molecular flexibility index (Phi) is 3.45. The summed E-state index contributed by atoms with van der Waals surface area (Å²) in [6.45, 7) is 2.02. The van der Waals surface area contributed by atoms with Gasteiger partial charge in [-0.3, -0.25) is 10.1 Å². The highest BCUT2D eigenvalue weighted by Crippen LogP contribution is 2.05. The minimum atomic E-state index is -0.111. The van der Waals surface area contributed by atoms with E-state index in [1.165, 1.54) is 5.56 Å². The average molecular weight is 227 g/mol. The van der Waals surface area contributed by atoms with Crippen molar-refractivity contribution in [2.75, 3.05) is 5.32 Å². The number of nitrogens with zero attached hydrogens (tertiary/aromatic N) is 2. The van der Waals surface area contributed by atoms with Gasteiger partial charge in [0.2, 0.25) is 11.9 Å². The van der Waals surface area contributed by atoms with Crippen molar-refractivity contribution in [3.63, 3.8) is 0 Å². The number of carbonyl (C=O) groups is 1. The zero-order valence-electron chi connectivity index (χ0n) is 9.55. The second-order valence-electron chi connectivity index (χ2n) is 3.78. The molecule has 1 amide bonds. The van der Waals surface area contributed by atoms with Crippen LogP contribution in [0.1, 0.15) is 11.1 Å². The van der Waals surface area contributed by atoms with Crippen molar-refractivity contribution >= 4 is 11.9 Å². The van der Waals surface area contributed by atoms with Gasteiger partial charge in [0, 0.05) is 12.4 Å². The average Bonchev–Trinajstić information content (AvgIpc) is 2.33. The molecule has 0 saturated carbocycles. The molecule has 0 radical (unpaired) electrons. The van der Waals surface area contributed by atoms with Crippen molar-refractivity contribution < 1.29 is 4.79 Å². The molecule has 1 N–H and O–H groups in total. The quantitative estimate of drug-likeness (QED) is 0.872. The predicted octanol–water partition coefficient (Wildman–Crippen LogP) is 1.97. The number of carbonyl (C=O) groups excluding carboxylic acids is 1. The first kappa shape index (κ1) is 11.3. The number of nitrogens with one attached hydrogen (secondary N) is 1. The van der Waals surface area contributed by atoms with Crippen molar-refractivity contribution in [1.82, 2.24) is 9.97 Å². The molecule has 0 spiro atoms. The second kappa shape index (κ2) is 5.21. The molecular formula is C13H13N3O. The zero-order chi connectivity index (χ0) is 12.1. The Labute approximate surface area is 99.7 Å².